The normalized spacial score (nSPS) is 8.92. The van der Waals surface area contributed by atoms with Crippen LogP contribution in [0.25, 0.3) is 11.1 Å². The molecule has 0 aliphatic rings. The van der Waals surface area contributed by atoms with Crippen molar-refractivity contribution in [3.63, 3.8) is 0 Å². The summed E-state index contributed by atoms with van der Waals surface area (Å²) in [5.41, 5.74) is 2.55. The molecule has 0 saturated heterocycles. The Balaban J connectivity index is 0.000000208. The topological polar surface area (TPSA) is 98.0 Å². The van der Waals surface area contributed by atoms with E-state index in [1.165, 1.54) is 29.3 Å². The average molecular weight is 345 g/mol. The third kappa shape index (κ3) is 8.66. The van der Waals surface area contributed by atoms with Crippen molar-refractivity contribution in [2.45, 2.75) is 0 Å². The Morgan fingerprint density at radius 2 is 0.917 bits per heavy atom. The van der Waals surface area contributed by atoms with Gasteiger partial charge in [0.2, 0.25) is 0 Å². The van der Waals surface area contributed by atoms with Gasteiger partial charge in [-0.2, -0.15) is 0 Å². The van der Waals surface area contributed by atoms with Gasteiger partial charge in [-0.1, -0.05) is 66.7 Å². The SMILES string of the molecule is O=[P+](O)O.Oc1cccc(O)c1.c1ccc(-c2ccccc2)cc1. The molecule has 0 radical (unpaired) electrons. The molecule has 3 aromatic carbocycles. The quantitative estimate of drug-likeness (QED) is 0.498. The molecule has 0 aliphatic carbocycles. The Kier molecular flexibility index (Phi) is 8.79. The molecule has 0 saturated carbocycles. The van der Waals surface area contributed by atoms with Gasteiger partial charge in [-0.3, -0.25) is 0 Å². The molecule has 5 nitrogen and oxygen atoms in total. The van der Waals surface area contributed by atoms with Crippen molar-refractivity contribution in [1.29, 1.82) is 0 Å². The van der Waals surface area contributed by atoms with Crippen molar-refractivity contribution in [2.24, 2.45) is 0 Å². The molecule has 0 aromatic heterocycles. The van der Waals surface area contributed by atoms with Crippen LogP contribution in [0.15, 0.2) is 84.9 Å². The summed E-state index contributed by atoms with van der Waals surface area (Å²) in [4.78, 5) is 14.2. The lowest BCUT2D eigenvalue weighted by atomic mass is 10.1. The third-order valence-electron chi connectivity index (χ3n) is 2.71. The van der Waals surface area contributed by atoms with Crippen LogP contribution in [0.1, 0.15) is 0 Å². The zero-order chi connectivity index (χ0) is 17.8. The minimum Gasteiger partial charge on any atom is -0.508 e. The monoisotopic (exact) mass is 345 g/mol. The summed E-state index contributed by atoms with van der Waals surface area (Å²) in [6, 6.07) is 26.6. The first-order valence-corrected chi connectivity index (χ1v) is 8.09. The van der Waals surface area contributed by atoms with E-state index in [0.29, 0.717) is 0 Å². The van der Waals surface area contributed by atoms with Gasteiger partial charge in [-0.25, -0.2) is 0 Å². The van der Waals surface area contributed by atoms with Crippen LogP contribution >= 0.6 is 8.25 Å². The number of rotatable bonds is 1. The molecule has 24 heavy (non-hydrogen) atoms. The zero-order valence-corrected chi connectivity index (χ0v) is 13.6. The Bertz CT molecular complexity index is 674. The Labute approximate surface area is 141 Å². The molecule has 0 spiro atoms. The van der Waals surface area contributed by atoms with Gasteiger partial charge in [0.05, 0.1) is 0 Å². The van der Waals surface area contributed by atoms with Crippen molar-refractivity contribution >= 4 is 8.25 Å². The molecule has 124 valence electrons. The molecule has 0 unspecified atom stereocenters. The summed E-state index contributed by atoms with van der Waals surface area (Å²) in [6.45, 7) is 0. The number of phenolic OH excluding ortho intramolecular Hbond substituents is 2. The molecule has 3 rings (SSSR count). The van der Waals surface area contributed by atoms with E-state index < -0.39 is 8.25 Å². The highest BCUT2D eigenvalue weighted by atomic mass is 31.1. The van der Waals surface area contributed by atoms with Crippen LogP contribution in [0, 0.1) is 0 Å². The first kappa shape index (κ1) is 19.3. The van der Waals surface area contributed by atoms with E-state index in [9.17, 15) is 0 Å². The van der Waals surface area contributed by atoms with Crippen LogP contribution in [0.4, 0.5) is 0 Å². The fourth-order valence-electron chi connectivity index (χ4n) is 1.75. The molecule has 0 atom stereocenters. The number of hydrogen-bond acceptors (Lipinski definition) is 3. The van der Waals surface area contributed by atoms with Gasteiger partial charge < -0.3 is 10.2 Å². The maximum Gasteiger partial charge on any atom is 0.692 e. The molecule has 0 heterocycles. The van der Waals surface area contributed by atoms with E-state index in [1.807, 2.05) is 12.1 Å². The minimum absolute atomic E-state index is 0.0880. The van der Waals surface area contributed by atoms with Gasteiger partial charge in [0.1, 0.15) is 11.5 Å². The van der Waals surface area contributed by atoms with Crippen molar-refractivity contribution in [2.75, 3.05) is 0 Å². The van der Waals surface area contributed by atoms with Gasteiger partial charge in [0.15, 0.2) is 0 Å². The standard InChI is InChI=1S/C12H10.C6H6O2.HO3P/c1-3-7-11(8-4-1)12-9-5-2-6-10-12;7-5-2-1-3-6(8)4-5;1-4(2)3/h1-10H;1-4,7-8H;(H-,1,2,3)/p+1. The fourth-order valence-corrected chi connectivity index (χ4v) is 1.75. The second kappa shape index (κ2) is 10.9. The molecule has 0 fully saturated rings. The summed E-state index contributed by atoms with van der Waals surface area (Å²) in [6.07, 6.45) is 0. The van der Waals surface area contributed by atoms with Gasteiger partial charge in [0, 0.05) is 10.6 Å². The van der Waals surface area contributed by atoms with Crippen LogP contribution in [0.3, 0.4) is 0 Å². The highest BCUT2D eigenvalue weighted by Crippen LogP contribution is 2.17. The second-order valence-corrected chi connectivity index (χ2v) is 5.01. The minimum atomic E-state index is -2.87. The van der Waals surface area contributed by atoms with Crippen molar-refractivity contribution in [1.82, 2.24) is 0 Å². The fraction of sp³-hybridized carbons (Fsp3) is 0. The molecule has 6 heteroatoms. The van der Waals surface area contributed by atoms with Gasteiger partial charge in [-0.05, 0) is 23.3 Å². The first-order valence-electron chi connectivity index (χ1n) is 6.92. The van der Waals surface area contributed by atoms with Crippen molar-refractivity contribution in [3.8, 4) is 22.6 Å². The molecular weight excluding hydrogens is 327 g/mol. The number of hydrogen-bond donors (Lipinski definition) is 4. The van der Waals surface area contributed by atoms with Crippen molar-refractivity contribution in [3.05, 3.63) is 84.9 Å². The van der Waals surface area contributed by atoms with Gasteiger partial charge in [0.25, 0.3) is 0 Å². The molecule has 4 N–H and O–H groups in total. The van der Waals surface area contributed by atoms with Crippen LogP contribution in [0.5, 0.6) is 11.5 Å². The molecule has 0 aliphatic heterocycles. The predicted octanol–water partition coefficient (Wildman–Crippen LogP) is 4.08. The number of phenols is 2. The van der Waals surface area contributed by atoms with E-state index in [0.717, 1.165) is 0 Å². The lowest BCUT2D eigenvalue weighted by Crippen LogP contribution is -1.73. The largest absolute Gasteiger partial charge is 0.692 e. The third-order valence-corrected chi connectivity index (χ3v) is 2.71. The second-order valence-electron chi connectivity index (χ2n) is 4.50. The number of benzene rings is 3. The van der Waals surface area contributed by atoms with Crippen LogP contribution in [-0.4, -0.2) is 20.0 Å². The van der Waals surface area contributed by atoms with Gasteiger partial charge in [-0.15, -0.1) is 9.79 Å². The van der Waals surface area contributed by atoms with E-state index in [1.54, 1.807) is 6.07 Å². The van der Waals surface area contributed by atoms with Crippen LogP contribution in [0.2, 0.25) is 0 Å². The molecule has 3 aromatic rings. The molecule has 0 amide bonds. The Morgan fingerprint density at radius 1 is 0.583 bits per heavy atom. The smallest absolute Gasteiger partial charge is 0.508 e. The predicted molar refractivity (Wildman–Crippen MR) is 93.7 cm³/mol. The van der Waals surface area contributed by atoms with E-state index in [-0.39, 0.29) is 11.5 Å². The maximum atomic E-state index is 8.70. The highest BCUT2D eigenvalue weighted by molar-refractivity contribution is 7.30. The lowest BCUT2D eigenvalue weighted by molar-refractivity contribution is 0.405. The summed E-state index contributed by atoms with van der Waals surface area (Å²) < 4.78 is 8.70. The van der Waals surface area contributed by atoms with Crippen LogP contribution < -0.4 is 0 Å². The lowest BCUT2D eigenvalue weighted by Gasteiger charge is -1.98. The summed E-state index contributed by atoms with van der Waals surface area (Å²) >= 11 is 0. The Morgan fingerprint density at radius 3 is 1.17 bits per heavy atom. The van der Waals surface area contributed by atoms with E-state index in [4.69, 9.17) is 24.6 Å². The van der Waals surface area contributed by atoms with E-state index >= 15 is 0 Å². The molecular formula is C18H18O5P+. The van der Waals surface area contributed by atoms with Crippen molar-refractivity contribution < 1.29 is 24.6 Å². The maximum absolute atomic E-state index is 8.70. The summed E-state index contributed by atoms with van der Waals surface area (Å²) in [5, 5.41) is 17.3. The highest BCUT2D eigenvalue weighted by Gasteiger charge is 1.93. The zero-order valence-electron chi connectivity index (χ0n) is 12.7. The summed E-state index contributed by atoms with van der Waals surface area (Å²) in [7, 11) is -2.87. The summed E-state index contributed by atoms with van der Waals surface area (Å²) in [5.74, 6) is 0.176. The molecule has 0 bridgehead atoms. The average Bonchev–Trinajstić information content (AvgIpc) is 2.56. The van der Waals surface area contributed by atoms with Crippen LogP contribution in [-0.2, 0) is 4.57 Å². The van der Waals surface area contributed by atoms with E-state index in [2.05, 4.69) is 48.5 Å². The first-order chi connectivity index (χ1) is 11.5. The van der Waals surface area contributed by atoms with Gasteiger partial charge >= 0.3 is 8.25 Å². The Hall–Kier alpha value is -2.72. The number of aromatic hydroxyl groups is 2.